The highest BCUT2D eigenvalue weighted by Gasteiger charge is 2.22. The number of fused-ring (bicyclic) bond motifs is 4. The van der Waals surface area contributed by atoms with Crippen LogP contribution in [0.15, 0.2) is 261 Å². The molecule has 3 aromatic heterocycles. The van der Waals surface area contributed by atoms with Crippen LogP contribution in [0.5, 0.6) is 11.5 Å². The van der Waals surface area contributed by atoms with Crippen molar-refractivity contribution in [1.82, 2.24) is 14.1 Å². The summed E-state index contributed by atoms with van der Waals surface area (Å²) < 4.78 is 100. The van der Waals surface area contributed by atoms with Crippen LogP contribution < -0.4 is 9.30 Å². The zero-order valence-corrected chi connectivity index (χ0v) is 41.2. The highest BCUT2D eigenvalue weighted by molar-refractivity contribution is 6.11. The maximum atomic E-state index is 9.09. The van der Waals surface area contributed by atoms with Gasteiger partial charge in [0.05, 0.1) is 47.1 Å². The van der Waals surface area contributed by atoms with Crippen molar-refractivity contribution in [3.05, 3.63) is 273 Å². The monoisotopic (exact) mass is 974 g/mol. The van der Waals surface area contributed by atoms with Gasteiger partial charge < -0.3 is 4.74 Å². The molecule has 13 aromatic rings. The lowest BCUT2D eigenvalue weighted by molar-refractivity contribution is -0.571. The molecule has 0 unspecified atom stereocenters. The Hall–Kier alpha value is -9.58. The molecule has 0 saturated heterocycles. The summed E-state index contributed by atoms with van der Waals surface area (Å²) in [7, 11) is 0. The predicted molar refractivity (Wildman–Crippen MR) is 308 cm³/mol. The highest BCUT2D eigenvalue weighted by atomic mass is 16.5. The van der Waals surface area contributed by atoms with E-state index in [1.165, 1.54) is 0 Å². The second-order valence-corrected chi connectivity index (χ2v) is 19.5. The molecule has 358 valence electrons. The summed E-state index contributed by atoms with van der Waals surface area (Å²) in [6.45, 7) is 6.57. The second-order valence-electron chi connectivity index (χ2n) is 19.5. The van der Waals surface area contributed by atoms with E-state index in [1.54, 1.807) is 27.3 Å². The van der Waals surface area contributed by atoms with Crippen LogP contribution in [0.2, 0.25) is 0 Å². The molecule has 0 N–H and O–H groups in total. The number of hydrogen-bond acceptors (Lipinski definition) is 2. The minimum atomic E-state index is -0.571. The first kappa shape index (κ1) is 35.5. The topological polar surface area (TPSA) is 35.9 Å². The van der Waals surface area contributed by atoms with Gasteiger partial charge in [-0.25, -0.2) is 4.98 Å². The molecule has 10 aromatic carbocycles. The summed E-state index contributed by atoms with van der Waals surface area (Å²) in [6.07, 6.45) is 5.34. The zero-order chi connectivity index (χ0) is 59.2. The van der Waals surface area contributed by atoms with E-state index < -0.39 is 60.4 Å². The molecule has 0 amide bonds. The van der Waals surface area contributed by atoms with Crippen LogP contribution >= 0.6 is 0 Å². The summed E-state index contributed by atoms with van der Waals surface area (Å²) in [5, 5.41) is 2.05. The minimum absolute atomic E-state index is 0.136. The number of hydrogen-bond donors (Lipinski definition) is 0. The maximum absolute atomic E-state index is 9.09. The predicted octanol–water partition coefficient (Wildman–Crippen LogP) is 17.6. The van der Waals surface area contributed by atoms with Crippen molar-refractivity contribution in [2.75, 3.05) is 0 Å². The molecular weight excluding hydrogens is 913 g/mol. The fourth-order valence-corrected chi connectivity index (χ4v) is 10.1. The highest BCUT2D eigenvalue weighted by Crippen LogP contribution is 2.41. The van der Waals surface area contributed by atoms with Gasteiger partial charge in [0.25, 0.3) is 6.33 Å². The van der Waals surface area contributed by atoms with E-state index in [0.29, 0.717) is 28.2 Å². The average Bonchev–Trinajstić information content (AvgIpc) is 2.48. The van der Waals surface area contributed by atoms with E-state index in [2.05, 4.69) is 135 Å². The van der Waals surface area contributed by atoms with Gasteiger partial charge in [0.15, 0.2) is 0 Å². The number of ether oxygens (including phenoxy) is 1. The third kappa shape index (κ3) is 8.54. The van der Waals surface area contributed by atoms with Gasteiger partial charge in [-0.15, -0.1) is 0 Å². The Balaban J connectivity index is 0.953. The summed E-state index contributed by atoms with van der Waals surface area (Å²) in [5.41, 5.74) is 11.5. The van der Waals surface area contributed by atoms with Crippen LogP contribution in [0.25, 0.3) is 106 Å². The number of aromatic nitrogens is 4. The Bertz CT molecular complexity index is 4660. The van der Waals surface area contributed by atoms with Crippen LogP contribution in [-0.2, 0) is 5.41 Å². The normalized spacial score (nSPS) is 13.5. The van der Waals surface area contributed by atoms with E-state index in [9.17, 15) is 0 Å². The first-order valence-electron chi connectivity index (χ1n) is 29.8. The second kappa shape index (κ2) is 18.8. The van der Waals surface area contributed by atoms with Crippen LogP contribution in [0.1, 0.15) is 40.0 Å². The van der Waals surface area contributed by atoms with Gasteiger partial charge in [-0.05, 0) is 139 Å². The first-order chi connectivity index (χ1) is 40.9. The number of imidazole rings is 1. The van der Waals surface area contributed by atoms with Crippen molar-refractivity contribution in [2.45, 2.75) is 26.2 Å². The lowest BCUT2D eigenvalue weighted by Gasteiger charge is -2.20. The molecule has 5 heteroatoms. The average molecular weight is 975 g/mol. The summed E-state index contributed by atoms with van der Waals surface area (Å²) >= 11 is 0. The summed E-state index contributed by atoms with van der Waals surface area (Å²) in [4.78, 5) is 4.99. The van der Waals surface area contributed by atoms with E-state index in [1.807, 2.05) is 79.0 Å². The standard InChI is InChI=1S/C70H52N4O/c1-70(2,3)56-38-39-71-68(44-56)74-64-37-34-52(55-41-53(48-20-8-4-9-21-48)40-54(42-55)49-22-10-5-11-23-49)43-63(64)62-36-35-59(46-67(62)74)75-58-29-18-28-57(45-58)72-47-73(66-33-17-16-32-65(66)72)69-60(50-24-12-6-13-25-50)30-19-31-61(69)51-26-14-7-15-27-51/h4-46H,1-3H3/i6D,7D,12D,13D,14D,15D,24D,25D,26D,27D. The molecule has 0 spiro atoms. The quantitative estimate of drug-likeness (QED) is 0.101. The molecule has 3 heterocycles. The van der Waals surface area contributed by atoms with Gasteiger partial charge >= 0.3 is 0 Å². The van der Waals surface area contributed by atoms with Gasteiger partial charge in [-0.2, -0.15) is 0 Å². The third-order valence-corrected chi connectivity index (χ3v) is 13.7. The van der Waals surface area contributed by atoms with Gasteiger partial charge in [0.1, 0.15) is 17.3 Å². The van der Waals surface area contributed by atoms with E-state index in [4.69, 9.17) is 23.4 Å². The lowest BCUT2D eigenvalue weighted by atomic mass is 9.88. The molecule has 0 atom stereocenters. The van der Waals surface area contributed by atoms with Gasteiger partial charge in [-0.3, -0.25) is 13.7 Å². The van der Waals surface area contributed by atoms with Crippen molar-refractivity contribution in [1.29, 1.82) is 0 Å². The maximum Gasteiger partial charge on any atom is 0.269 e. The zero-order valence-electron chi connectivity index (χ0n) is 51.2. The number of benzene rings is 10. The molecule has 13 rings (SSSR count). The molecule has 0 aliphatic carbocycles. The molecule has 0 aliphatic rings. The molecule has 0 fully saturated rings. The lowest BCUT2D eigenvalue weighted by Crippen LogP contribution is -2.31. The Kier molecular flexibility index (Phi) is 8.90. The summed E-state index contributed by atoms with van der Waals surface area (Å²) in [5.74, 6) is 1.83. The molecule has 75 heavy (non-hydrogen) atoms. The Morgan fingerprint density at radius 3 is 1.75 bits per heavy atom. The molecule has 5 nitrogen and oxygen atoms in total. The van der Waals surface area contributed by atoms with Crippen molar-refractivity contribution >= 4 is 32.8 Å². The number of nitrogens with zero attached hydrogens (tertiary/aromatic N) is 4. The van der Waals surface area contributed by atoms with Crippen LogP contribution in [0.4, 0.5) is 0 Å². The van der Waals surface area contributed by atoms with Crippen molar-refractivity contribution < 1.29 is 23.0 Å². The Labute approximate surface area is 451 Å². The number of pyridine rings is 1. The Morgan fingerprint density at radius 2 is 1.08 bits per heavy atom. The third-order valence-electron chi connectivity index (χ3n) is 13.7. The molecular formula is C70H52N4O. The molecule has 0 bridgehead atoms. The van der Waals surface area contributed by atoms with Crippen molar-refractivity contribution in [3.63, 3.8) is 0 Å². The largest absolute Gasteiger partial charge is 0.458 e. The number of para-hydroxylation sites is 3. The fraction of sp³-hybridized carbons (Fsp3) is 0.0571. The van der Waals surface area contributed by atoms with E-state index in [0.717, 1.165) is 66.6 Å². The van der Waals surface area contributed by atoms with Crippen molar-refractivity contribution in [3.8, 4) is 84.3 Å². The van der Waals surface area contributed by atoms with Gasteiger partial charge in [0, 0.05) is 23.0 Å². The minimum Gasteiger partial charge on any atom is -0.458 e. The summed E-state index contributed by atoms with van der Waals surface area (Å²) in [6, 6.07) is 59.1. The van der Waals surface area contributed by atoms with Gasteiger partial charge in [-0.1, -0.05) is 196 Å². The first-order valence-corrected chi connectivity index (χ1v) is 24.8. The molecule has 0 radical (unpaired) electrons. The van der Waals surface area contributed by atoms with Gasteiger partial charge in [0.2, 0.25) is 0 Å². The molecule has 0 saturated carbocycles. The SMILES string of the molecule is [2H]c1c([2H])c([2H])c(-c2cccc(-c3c([2H])c([2H])c([2H])c([2H])c3[2H])c2-[n+]2[c-]n(-c3cccc(Oc4ccc5c6cc(-c7cc(-c8ccccc8)cc(-c8ccccc8)c7)ccc6n(-c6cc(C(C)(C)C)ccn6)c5c4)c3)c3ccccc32)c([2H])c1[2H]. The van der Waals surface area contributed by atoms with Crippen LogP contribution in [0, 0.1) is 6.33 Å². The van der Waals surface area contributed by atoms with Crippen LogP contribution in [0.3, 0.4) is 0 Å². The smallest absolute Gasteiger partial charge is 0.269 e. The van der Waals surface area contributed by atoms with Crippen molar-refractivity contribution in [2.24, 2.45) is 0 Å². The van der Waals surface area contributed by atoms with E-state index >= 15 is 0 Å². The van der Waals surface area contributed by atoms with Crippen LogP contribution in [-0.4, -0.2) is 14.1 Å². The van der Waals surface area contributed by atoms with E-state index in [-0.39, 0.29) is 33.4 Å². The fourth-order valence-electron chi connectivity index (χ4n) is 10.1. The molecule has 0 aliphatic heterocycles. The Morgan fingerprint density at radius 1 is 0.467 bits per heavy atom. The number of rotatable bonds is 10.